The molecule has 0 nitrogen and oxygen atoms in total. The van der Waals surface area contributed by atoms with Crippen LogP contribution in [0.3, 0.4) is 0 Å². The number of hydrogen-bond acceptors (Lipinski definition) is 0. The van der Waals surface area contributed by atoms with Crippen LogP contribution in [0.2, 0.25) is 0 Å². The minimum absolute atomic E-state index is 0.625. The molecule has 0 saturated heterocycles. The Bertz CT molecular complexity index is 545. The average molecular weight is 575 g/mol. The minimum atomic E-state index is 0.625. The van der Waals surface area contributed by atoms with Crippen molar-refractivity contribution in [3.8, 4) is 0 Å². The second kappa shape index (κ2) is 18.7. The summed E-state index contributed by atoms with van der Waals surface area (Å²) in [5, 5.41) is 0. The fourth-order valence-corrected chi connectivity index (χ4v) is 7.91. The molecule has 0 amide bonds. The Morgan fingerprint density at radius 2 is 0.561 bits per heavy atom. The Morgan fingerprint density at radius 1 is 0.366 bits per heavy atom. The van der Waals surface area contributed by atoms with Crippen LogP contribution in [-0.4, -0.2) is 0 Å². The van der Waals surface area contributed by atoms with Crippen molar-refractivity contribution < 1.29 is 0 Å². The highest BCUT2D eigenvalue weighted by Crippen LogP contribution is 2.64. The monoisotopic (exact) mass is 575 g/mol. The van der Waals surface area contributed by atoms with E-state index in [1.54, 1.807) is 57.8 Å². The predicted octanol–water partition coefficient (Wildman–Crippen LogP) is 14.6. The molecule has 2 unspecified atom stereocenters. The number of rotatable bonds is 12. The van der Waals surface area contributed by atoms with Gasteiger partial charge < -0.3 is 0 Å². The van der Waals surface area contributed by atoms with Crippen molar-refractivity contribution >= 4 is 0 Å². The highest BCUT2D eigenvalue weighted by atomic mass is 14.6. The molecule has 4 aliphatic carbocycles. The summed E-state index contributed by atoms with van der Waals surface area (Å²) in [5.74, 6) is 8.10. The molecule has 0 heterocycles. The van der Waals surface area contributed by atoms with Gasteiger partial charge in [-0.1, -0.05) is 206 Å². The van der Waals surface area contributed by atoms with Gasteiger partial charge in [-0.2, -0.15) is 0 Å². The fourth-order valence-electron chi connectivity index (χ4n) is 7.91. The molecule has 4 saturated carbocycles. The third-order valence-electron chi connectivity index (χ3n) is 14.9. The van der Waals surface area contributed by atoms with Gasteiger partial charge in [0.1, 0.15) is 0 Å². The van der Waals surface area contributed by atoms with Crippen molar-refractivity contribution in [3.05, 3.63) is 0 Å². The van der Waals surface area contributed by atoms with Gasteiger partial charge in [0.2, 0.25) is 0 Å². The Morgan fingerprint density at radius 3 is 0.683 bits per heavy atom. The molecule has 41 heavy (non-hydrogen) atoms. The summed E-state index contributed by atoms with van der Waals surface area (Å²) in [4.78, 5) is 0. The van der Waals surface area contributed by atoms with Crippen molar-refractivity contribution in [2.45, 2.75) is 206 Å². The van der Waals surface area contributed by atoms with Crippen LogP contribution in [0.15, 0.2) is 0 Å². The van der Waals surface area contributed by atoms with Crippen molar-refractivity contribution in [2.75, 3.05) is 0 Å². The van der Waals surface area contributed by atoms with Gasteiger partial charge in [0.15, 0.2) is 0 Å². The molecule has 0 bridgehead atoms. The first kappa shape index (κ1) is 39.0. The largest absolute Gasteiger partial charge is 0.0649 e. The molecule has 4 rings (SSSR count). The minimum Gasteiger partial charge on any atom is -0.0649 e. The van der Waals surface area contributed by atoms with E-state index in [1.807, 2.05) is 0 Å². The maximum atomic E-state index is 2.61. The molecule has 0 aromatic heterocycles. The topological polar surface area (TPSA) is 0 Å². The van der Waals surface area contributed by atoms with Crippen LogP contribution in [0.5, 0.6) is 0 Å². The first-order valence-corrected chi connectivity index (χ1v) is 19.4. The zero-order valence-corrected chi connectivity index (χ0v) is 31.3. The third kappa shape index (κ3) is 10.8. The normalized spacial score (nSPS) is 26.9. The summed E-state index contributed by atoms with van der Waals surface area (Å²) >= 11 is 0. The van der Waals surface area contributed by atoms with Crippen molar-refractivity contribution in [2.24, 2.45) is 57.7 Å². The van der Waals surface area contributed by atoms with E-state index in [-0.39, 0.29) is 0 Å². The van der Waals surface area contributed by atoms with Gasteiger partial charge in [-0.3, -0.25) is 0 Å². The highest BCUT2D eigenvalue weighted by molar-refractivity contribution is 5.06. The first-order chi connectivity index (χ1) is 19.4. The Hall–Kier alpha value is 0. The van der Waals surface area contributed by atoms with E-state index in [4.69, 9.17) is 0 Å². The highest BCUT2D eigenvalue weighted by Gasteiger charge is 2.57. The summed E-state index contributed by atoms with van der Waals surface area (Å²) in [5.41, 5.74) is 1.88. The van der Waals surface area contributed by atoms with Crippen LogP contribution < -0.4 is 0 Å². The fraction of sp³-hybridized carbons (Fsp3) is 1.00. The standard InChI is InChI=1S/C17H28.3C8H18/c1-11-15(12-5-2-6-12)17(14-9-4-10-14)16(11)13-7-3-8-13;3*1-5-8(4,6-2)7-3/h11-17H,2-10H2,1H3;3*5-7H2,1-4H3. The molecule has 0 spiro atoms. The van der Waals surface area contributed by atoms with Crippen LogP contribution in [0.25, 0.3) is 0 Å². The molecule has 0 aromatic rings. The summed E-state index contributed by atoms with van der Waals surface area (Å²) in [7, 11) is 0. The van der Waals surface area contributed by atoms with Crippen molar-refractivity contribution in [1.29, 1.82) is 0 Å². The van der Waals surface area contributed by atoms with Crippen LogP contribution in [-0.2, 0) is 0 Å². The van der Waals surface area contributed by atoms with Gasteiger partial charge in [0, 0.05) is 0 Å². The van der Waals surface area contributed by atoms with Gasteiger partial charge in [-0.05, 0) is 57.7 Å². The van der Waals surface area contributed by atoms with Crippen LogP contribution >= 0.6 is 0 Å². The van der Waals surface area contributed by atoms with Gasteiger partial charge in [-0.25, -0.2) is 0 Å². The smallest absolute Gasteiger partial charge is 0.0318 e. The maximum Gasteiger partial charge on any atom is -0.0318 e. The molecule has 0 N–H and O–H groups in total. The average Bonchev–Trinajstić information content (AvgIpc) is 2.94. The molecule has 0 heteroatoms. The van der Waals surface area contributed by atoms with Gasteiger partial charge >= 0.3 is 0 Å². The van der Waals surface area contributed by atoms with Crippen LogP contribution in [0.4, 0.5) is 0 Å². The van der Waals surface area contributed by atoms with Gasteiger partial charge in [0.05, 0.1) is 0 Å². The van der Waals surface area contributed by atoms with Crippen molar-refractivity contribution in [3.63, 3.8) is 0 Å². The van der Waals surface area contributed by atoms with E-state index < -0.39 is 0 Å². The lowest BCUT2D eigenvalue weighted by Gasteiger charge is -2.64. The lowest BCUT2D eigenvalue weighted by Crippen LogP contribution is -2.57. The molecule has 0 aliphatic heterocycles. The molecule has 246 valence electrons. The van der Waals surface area contributed by atoms with E-state index in [0.29, 0.717) is 16.2 Å². The van der Waals surface area contributed by atoms with E-state index in [9.17, 15) is 0 Å². The Kier molecular flexibility index (Phi) is 17.8. The second-order valence-electron chi connectivity index (χ2n) is 16.3. The molecule has 0 radical (unpaired) electrons. The summed E-state index contributed by atoms with van der Waals surface area (Å²) in [6, 6.07) is 0. The van der Waals surface area contributed by atoms with Crippen molar-refractivity contribution in [1.82, 2.24) is 0 Å². The summed E-state index contributed by atoms with van der Waals surface area (Å²) in [6.45, 7) is 30.1. The second-order valence-corrected chi connectivity index (χ2v) is 16.3. The summed E-state index contributed by atoms with van der Waals surface area (Å²) in [6.07, 6.45) is 26.0. The Labute approximate surface area is 262 Å². The van der Waals surface area contributed by atoms with E-state index in [2.05, 4.69) is 90.0 Å². The quantitative estimate of drug-likeness (QED) is 0.217. The molecule has 2 atom stereocenters. The van der Waals surface area contributed by atoms with Gasteiger partial charge in [0.25, 0.3) is 0 Å². The maximum absolute atomic E-state index is 2.61. The lowest BCUT2D eigenvalue weighted by molar-refractivity contribution is -0.153. The molecule has 0 aromatic carbocycles. The SMILES string of the molecule is CC1C(C2CCC2)C(C2CCC2)C1C1CCC1.CCC(C)(CC)CC.CCC(C)(CC)CC.CCC(C)(CC)CC. The number of hydrogen-bond donors (Lipinski definition) is 0. The van der Waals surface area contributed by atoms with Gasteiger partial charge in [-0.15, -0.1) is 0 Å². The zero-order chi connectivity index (χ0) is 31.3. The van der Waals surface area contributed by atoms with E-state index >= 15 is 0 Å². The third-order valence-corrected chi connectivity index (χ3v) is 14.9. The molecular formula is C41H82. The van der Waals surface area contributed by atoms with E-state index in [1.165, 1.54) is 81.5 Å². The molecular weight excluding hydrogens is 492 g/mol. The predicted molar refractivity (Wildman–Crippen MR) is 189 cm³/mol. The molecule has 4 aliphatic rings. The summed E-state index contributed by atoms with van der Waals surface area (Å²) < 4.78 is 0. The first-order valence-electron chi connectivity index (χ1n) is 19.4. The lowest BCUT2D eigenvalue weighted by atomic mass is 9.41. The zero-order valence-electron chi connectivity index (χ0n) is 31.3. The van der Waals surface area contributed by atoms with Crippen LogP contribution in [0.1, 0.15) is 206 Å². The van der Waals surface area contributed by atoms with Crippen LogP contribution in [0, 0.1) is 57.7 Å². The molecule has 4 fully saturated rings. The van der Waals surface area contributed by atoms with E-state index in [0.717, 1.165) is 17.8 Å². The Balaban J connectivity index is 0.000000301.